The van der Waals surface area contributed by atoms with Crippen molar-refractivity contribution in [3.63, 3.8) is 0 Å². The standard InChI is InChI=1S/C54H32N2/c1-2-10-33(11-3-1)34-22-27-39(28-23-34)54-55-48(32-49(56-54)43-18-6-13-35-12-4-5-17-42(35)43)41-30-40-29-26-38-15-8-20-45-44-19-7-14-36-24-25-37-16-9-21-46(52(37)50(36)44)47(31-41)53(40)51(38)45/h1-32H. The summed E-state index contributed by atoms with van der Waals surface area (Å²) >= 11 is 0. The Labute approximate surface area is 323 Å². The third-order valence-corrected chi connectivity index (χ3v) is 11.8. The Balaban J connectivity index is 1.18. The Morgan fingerprint density at radius 3 is 1.43 bits per heavy atom. The Morgan fingerprint density at radius 2 is 0.732 bits per heavy atom. The third-order valence-electron chi connectivity index (χ3n) is 11.8. The molecule has 0 aliphatic rings. The molecule has 0 aliphatic heterocycles. The van der Waals surface area contributed by atoms with Gasteiger partial charge in [0.1, 0.15) is 0 Å². The van der Waals surface area contributed by atoms with Crippen LogP contribution in [-0.2, 0) is 0 Å². The molecule has 1 heterocycles. The van der Waals surface area contributed by atoms with Gasteiger partial charge in [0.2, 0.25) is 0 Å². The third kappa shape index (κ3) is 4.69. The monoisotopic (exact) mass is 708 g/mol. The Morgan fingerprint density at radius 1 is 0.250 bits per heavy atom. The zero-order chi connectivity index (χ0) is 36.7. The molecule has 0 aliphatic carbocycles. The molecule has 0 amide bonds. The summed E-state index contributed by atoms with van der Waals surface area (Å²) in [6.07, 6.45) is 0. The number of rotatable bonds is 4. The molecule has 0 bridgehead atoms. The predicted molar refractivity (Wildman–Crippen MR) is 238 cm³/mol. The van der Waals surface area contributed by atoms with Gasteiger partial charge in [0.15, 0.2) is 5.82 Å². The van der Waals surface area contributed by atoms with E-state index >= 15 is 0 Å². The number of hydrogen-bond acceptors (Lipinski definition) is 2. The lowest BCUT2D eigenvalue weighted by molar-refractivity contribution is 1.19. The van der Waals surface area contributed by atoms with Crippen LogP contribution in [0.4, 0.5) is 0 Å². The molecule has 2 nitrogen and oxygen atoms in total. The second-order valence-electron chi connectivity index (χ2n) is 14.9. The minimum Gasteiger partial charge on any atom is -0.228 e. The van der Waals surface area contributed by atoms with Crippen molar-refractivity contribution in [1.29, 1.82) is 0 Å². The van der Waals surface area contributed by atoms with Crippen LogP contribution in [0.5, 0.6) is 0 Å². The highest BCUT2D eigenvalue weighted by atomic mass is 14.9. The van der Waals surface area contributed by atoms with E-state index in [0.29, 0.717) is 5.82 Å². The van der Waals surface area contributed by atoms with Crippen LogP contribution >= 0.6 is 0 Å². The maximum absolute atomic E-state index is 5.40. The summed E-state index contributed by atoms with van der Waals surface area (Å²) in [6.45, 7) is 0. The van der Waals surface area contributed by atoms with E-state index in [1.807, 2.05) is 0 Å². The maximum atomic E-state index is 5.40. The van der Waals surface area contributed by atoms with E-state index < -0.39 is 0 Å². The van der Waals surface area contributed by atoms with Gasteiger partial charge in [-0.1, -0.05) is 176 Å². The number of hydrogen-bond donors (Lipinski definition) is 0. The summed E-state index contributed by atoms with van der Waals surface area (Å²) in [5.74, 6) is 0.703. The van der Waals surface area contributed by atoms with Gasteiger partial charge in [-0.25, -0.2) is 9.97 Å². The first-order chi connectivity index (χ1) is 27.7. The van der Waals surface area contributed by atoms with Crippen molar-refractivity contribution in [3.8, 4) is 45.0 Å². The average Bonchev–Trinajstić information content (AvgIpc) is 3.27. The molecular weight excluding hydrogens is 677 g/mol. The molecule has 12 aromatic rings. The van der Waals surface area contributed by atoms with E-state index in [1.54, 1.807) is 0 Å². The van der Waals surface area contributed by atoms with Crippen LogP contribution in [0.25, 0.3) is 120 Å². The van der Waals surface area contributed by atoms with Crippen LogP contribution in [-0.4, -0.2) is 9.97 Å². The fourth-order valence-electron chi connectivity index (χ4n) is 9.19. The molecule has 2 heteroatoms. The molecule has 0 spiro atoms. The van der Waals surface area contributed by atoms with Crippen LogP contribution in [0.3, 0.4) is 0 Å². The summed E-state index contributed by atoms with van der Waals surface area (Å²) in [4.78, 5) is 10.7. The van der Waals surface area contributed by atoms with Gasteiger partial charge in [0, 0.05) is 16.7 Å². The molecule has 12 rings (SSSR count). The van der Waals surface area contributed by atoms with E-state index in [2.05, 4.69) is 194 Å². The highest BCUT2D eigenvalue weighted by Crippen LogP contribution is 2.44. The molecule has 56 heavy (non-hydrogen) atoms. The molecule has 0 fully saturated rings. The van der Waals surface area contributed by atoms with Crippen molar-refractivity contribution >= 4 is 75.4 Å². The molecule has 11 aromatic carbocycles. The molecule has 0 unspecified atom stereocenters. The number of fused-ring (bicyclic) bond motifs is 3. The normalized spacial score (nSPS) is 11.9. The van der Waals surface area contributed by atoms with Gasteiger partial charge < -0.3 is 0 Å². The Hall–Kier alpha value is -7.42. The SMILES string of the molecule is c1ccc(-c2ccc(-c3nc(-c4cc5ccc6cccc7c8cccc9ccc%10cccc(c(c4)c5c67)c%10c98)cc(-c4cccc5ccccc45)n3)cc2)cc1. The first-order valence-electron chi connectivity index (χ1n) is 19.2. The molecule has 258 valence electrons. The first-order valence-corrected chi connectivity index (χ1v) is 19.2. The van der Waals surface area contributed by atoms with Crippen molar-refractivity contribution in [3.05, 3.63) is 194 Å². The number of benzene rings is 10. The second-order valence-corrected chi connectivity index (χ2v) is 14.9. The van der Waals surface area contributed by atoms with Crippen molar-refractivity contribution in [2.45, 2.75) is 0 Å². The fourth-order valence-corrected chi connectivity index (χ4v) is 9.19. The largest absolute Gasteiger partial charge is 0.228 e. The molecule has 0 atom stereocenters. The average molecular weight is 709 g/mol. The van der Waals surface area contributed by atoms with Crippen LogP contribution in [0, 0.1) is 0 Å². The van der Waals surface area contributed by atoms with E-state index in [4.69, 9.17) is 9.97 Å². The van der Waals surface area contributed by atoms with Gasteiger partial charge in [-0.15, -0.1) is 0 Å². The summed E-state index contributed by atoms with van der Waals surface area (Å²) in [5, 5.41) is 17.5. The number of nitrogens with zero attached hydrogens (tertiary/aromatic N) is 2. The van der Waals surface area contributed by atoms with Gasteiger partial charge in [0.05, 0.1) is 11.4 Å². The van der Waals surface area contributed by atoms with Crippen molar-refractivity contribution in [2.75, 3.05) is 0 Å². The van der Waals surface area contributed by atoms with E-state index in [1.165, 1.54) is 81.0 Å². The minimum absolute atomic E-state index is 0.703. The smallest absolute Gasteiger partial charge is 0.160 e. The van der Waals surface area contributed by atoms with Crippen LogP contribution in [0.1, 0.15) is 0 Å². The van der Waals surface area contributed by atoms with Crippen molar-refractivity contribution in [2.24, 2.45) is 0 Å². The molecule has 1 aromatic heterocycles. The maximum Gasteiger partial charge on any atom is 0.160 e. The zero-order valence-corrected chi connectivity index (χ0v) is 30.4. The Bertz CT molecular complexity index is 3500. The minimum atomic E-state index is 0.703. The van der Waals surface area contributed by atoms with Crippen molar-refractivity contribution in [1.82, 2.24) is 9.97 Å². The zero-order valence-electron chi connectivity index (χ0n) is 30.4. The van der Waals surface area contributed by atoms with Crippen LogP contribution < -0.4 is 0 Å². The predicted octanol–water partition coefficient (Wildman–Crippen LogP) is 14.7. The summed E-state index contributed by atoms with van der Waals surface area (Å²) in [6, 6.07) is 70.5. The Kier molecular flexibility index (Phi) is 6.66. The molecule has 0 saturated heterocycles. The number of aromatic nitrogens is 2. The van der Waals surface area contributed by atoms with Crippen LogP contribution in [0.2, 0.25) is 0 Å². The summed E-state index contributed by atoms with van der Waals surface area (Å²) < 4.78 is 0. The van der Waals surface area contributed by atoms with Gasteiger partial charge >= 0.3 is 0 Å². The lowest BCUT2D eigenvalue weighted by atomic mass is 9.87. The summed E-state index contributed by atoms with van der Waals surface area (Å²) in [5.41, 5.74) is 7.28. The van der Waals surface area contributed by atoms with Crippen LogP contribution in [0.15, 0.2) is 194 Å². The topological polar surface area (TPSA) is 25.8 Å². The molecule has 0 N–H and O–H groups in total. The summed E-state index contributed by atoms with van der Waals surface area (Å²) in [7, 11) is 0. The molecular formula is C54H32N2. The van der Waals surface area contributed by atoms with Gasteiger partial charge in [-0.05, 0) is 105 Å². The first kappa shape index (κ1) is 31.0. The van der Waals surface area contributed by atoms with Gasteiger partial charge in [0.25, 0.3) is 0 Å². The van der Waals surface area contributed by atoms with Crippen molar-refractivity contribution < 1.29 is 0 Å². The van der Waals surface area contributed by atoms with E-state index in [-0.39, 0.29) is 0 Å². The quantitative estimate of drug-likeness (QED) is 0.170. The van der Waals surface area contributed by atoms with E-state index in [9.17, 15) is 0 Å². The fraction of sp³-hybridized carbons (Fsp3) is 0. The lowest BCUT2D eigenvalue weighted by Gasteiger charge is -2.17. The van der Waals surface area contributed by atoms with E-state index in [0.717, 1.165) is 33.6 Å². The molecule has 0 radical (unpaired) electrons. The van der Waals surface area contributed by atoms with Gasteiger partial charge in [-0.2, -0.15) is 0 Å². The highest BCUT2D eigenvalue weighted by molar-refractivity contribution is 6.37. The second kappa shape index (κ2) is 12.0. The van der Waals surface area contributed by atoms with Gasteiger partial charge in [-0.3, -0.25) is 0 Å². The molecule has 0 saturated carbocycles. The highest BCUT2D eigenvalue weighted by Gasteiger charge is 2.18. The lowest BCUT2D eigenvalue weighted by Crippen LogP contribution is -1.97.